The number of halogens is 2. The number of pyridine rings is 1. The van der Waals surface area contributed by atoms with Crippen molar-refractivity contribution in [3.63, 3.8) is 0 Å². The zero-order valence-electron chi connectivity index (χ0n) is 13.7. The molecule has 4 rings (SSSR count). The van der Waals surface area contributed by atoms with Crippen LogP contribution in [-0.4, -0.2) is 31.1 Å². The minimum absolute atomic E-state index is 0.435. The van der Waals surface area contributed by atoms with Gasteiger partial charge in [-0.1, -0.05) is 23.2 Å². The summed E-state index contributed by atoms with van der Waals surface area (Å²) in [6, 6.07) is 10.6. The normalized spacial score (nSPS) is 10.7. The zero-order valence-corrected chi connectivity index (χ0v) is 15.2. The molecule has 27 heavy (non-hydrogen) atoms. The van der Waals surface area contributed by atoms with Crippen LogP contribution in [0.2, 0.25) is 10.0 Å². The first-order valence-corrected chi connectivity index (χ1v) is 8.62. The minimum Gasteiger partial charge on any atom is -0.313 e. The third-order valence-electron chi connectivity index (χ3n) is 3.88. The topological polar surface area (TPSA) is 88.5 Å². The van der Waals surface area contributed by atoms with Crippen molar-refractivity contribution in [2.24, 2.45) is 0 Å². The number of nitrogens with zero attached hydrogens (tertiary/aromatic N) is 4. The Bertz CT molecular complexity index is 1110. The van der Waals surface area contributed by atoms with E-state index in [9.17, 15) is 4.79 Å². The molecule has 0 atom stereocenters. The Labute approximate surface area is 164 Å². The smallest absolute Gasteiger partial charge is 0.212 e. The number of aromatic amines is 1. The maximum atomic E-state index is 10.7. The molecular formula is C18H12Cl2N6O. The van der Waals surface area contributed by atoms with Crippen LogP contribution in [0.25, 0.3) is 28.5 Å². The average Bonchev–Trinajstić information content (AvgIpc) is 3.32. The lowest BCUT2D eigenvalue weighted by atomic mass is 10.2. The third-order valence-corrected chi connectivity index (χ3v) is 4.42. The minimum atomic E-state index is 0.435. The van der Waals surface area contributed by atoms with Crippen LogP contribution < -0.4 is 5.32 Å². The monoisotopic (exact) mass is 398 g/mol. The average molecular weight is 399 g/mol. The predicted octanol–water partition coefficient (Wildman–Crippen LogP) is 4.20. The molecule has 0 bridgehead atoms. The van der Waals surface area contributed by atoms with E-state index < -0.39 is 0 Å². The Hall–Kier alpha value is -3.16. The largest absolute Gasteiger partial charge is 0.313 e. The number of carbonyl (C=O) groups excluding carboxylic acids is 1. The van der Waals surface area contributed by atoms with E-state index in [1.54, 1.807) is 30.6 Å². The van der Waals surface area contributed by atoms with Crippen LogP contribution in [0.1, 0.15) is 0 Å². The summed E-state index contributed by atoms with van der Waals surface area (Å²) in [4.78, 5) is 19.5. The van der Waals surface area contributed by atoms with E-state index in [0.717, 1.165) is 16.9 Å². The molecule has 0 unspecified atom stereocenters. The first-order chi connectivity index (χ1) is 13.2. The lowest BCUT2D eigenvalue weighted by molar-refractivity contribution is -0.105. The highest BCUT2D eigenvalue weighted by Crippen LogP contribution is 2.31. The van der Waals surface area contributed by atoms with Gasteiger partial charge in [-0.2, -0.15) is 5.10 Å². The van der Waals surface area contributed by atoms with Crippen LogP contribution in [-0.2, 0) is 4.79 Å². The highest BCUT2D eigenvalue weighted by atomic mass is 35.5. The van der Waals surface area contributed by atoms with Gasteiger partial charge in [-0.25, -0.2) is 9.97 Å². The van der Waals surface area contributed by atoms with Crippen LogP contribution in [0, 0.1) is 0 Å². The van der Waals surface area contributed by atoms with Gasteiger partial charge in [0.25, 0.3) is 0 Å². The van der Waals surface area contributed by atoms with Crippen molar-refractivity contribution in [1.29, 1.82) is 0 Å². The molecule has 9 heteroatoms. The van der Waals surface area contributed by atoms with Crippen molar-refractivity contribution in [2.75, 3.05) is 5.32 Å². The molecular weight excluding hydrogens is 387 g/mol. The van der Waals surface area contributed by atoms with Gasteiger partial charge in [0.2, 0.25) is 6.41 Å². The van der Waals surface area contributed by atoms with Crippen molar-refractivity contribution in [1.82, 2.24) is 24.7 Å². The number of nitrogens with one attached hydrogen (secondary N) is 2. The molecule has 0 radical (unpaired) electrons. The van der Waals surface area contributed by atoms with Gasteiger partial charge < -0.3 is 5.32 Å². The molecule has 4 aromatic rings. The fraction of sp³-hybridized carbons (Fsp3) is 0. The van der Waals surface area contributed by atoms with Crippen LogP contribution in [0.3, 0.4) is 0 Å². The molecule has 0 aliphatic heterocycles. The number of anilines is 1. The summed E-state index contributed by atoms with van der Waals surface area (Å²) >= 11 is 12.4. The van der Waals surface area contributed by atoms with E-state index in [2.05, 4.69) is 20.5 Å². The van der Waals surface area contributed by atoms with Gasteiger partial charge in [0.1, 0.15) is 11.5 Å². The van der Waals surface area contributed by atoms with Gasteiger partial charge in [-0.15, -0.1) is 0 Å². The number of amides is 1. The number of hydrogen-bond donors (Lipinski definition) is 2. The van der Waals surface area contributed by atoms with Gasteiger partial charge in [-0.3, -0.25) is 14.5 Å². The van der Waals surface area contributed by atoms with Crippen molar-refractivity contribution >= 4 is 35.4 Å². The van der Waals surface area contributed by atoms with Gasteiger partial charge >= 0.3 is 0 Å². The second-order valence-electron chi connectivity index (χ2n) is 5.58. The predicted molar refractivity (Wildman–Crippen MR) is 104 cm³/mol. The zero-order chi connectivity index (χ0) is 18.8. The van der Waals surface area contributed by atoms with Crippen molar-refractivity contribution in [3.8, 4) is 28.5 Å². The fourth-order valence-electron chi connectivity index (χ4n) is 2.68. The second-order valence-corrected chi connectivity index (χ2v) is 6.42. The molecule has 134 valence electrons. The van der Waals surface area contributed by atoms with Crippen molar-refractivity contribution < 1.29 is 4.79 Å². The van der Waals surface area contributed by atoms with E-state index in [1.165, 1.54) is 0 Å². The molecule has 3 aromatic heterocycles. The first-order valence-electron chi connectivity index (χ1n) is 7.87. The number of hydrogen-bond acceptors (Lipinski definition) is 4. The molecule has 0 spiro atoms. The van der Waals surface area contributed by atoms with E-state index in [4.69, 9.17) is 28.2 Å². The molecule has 3 heterocycles. The highest BCUT2D eigenvalue weighted by Gasteiger charge is 2.16. The Morgan fingerprint density at radius 3 is 2.74 bits per heavy atom. The standard InChI is InChI=1S/C18H12Cl2N6O/c19-12-1-2-16(13(20)8-12)26-9-15(24-18(26)14-4-6-23-25-14)11-3-5-21-17(7-11)22-10-27/h1-10H,(H,23,25)(H,21,22,27). The van der Waals surface area contributed by atoms with Crippen LogP contribution in [0.15, 0.2) is 55.0 Å². The van der Waals surface area contributed by atoms with Crippen molar-refractivity contribution in [3.05, 3.63) is 65.0 Å². The fourth-order valence-corrected chi connectivity index (χ4v) is 3.18. The van der Waals surface area contributed by atoms with Gasteiger partial charge in [0, 0.05) is 29.2 Å². The maximum absolute atomic E-state index is 10.7. The summed E-state index contributed by atoms with van der Waals surface area (Å²) in [5.74, 6) is 1.07. The lowest BCUT2D eigenvalue weighted by Crippen LogP contribution is -1.97. The summed E-state index contributed by atoms with van der Waals surface area (Å²) in [5, 5.41) is 10.5. The Kier molecular flexibility index (Phi) is 4.62. The van der Waals surface area contributed by atoms with Crippen LogP contribution in [0.4, 0.5) is 5.82 Å². The number of rotatable bonds is 5. The van der Waals surface area contributed by atoms with E-state index in [-0.39, 0.29) is 0 Å². The molecule has 0 fully saturated rings. The summed E-state index contributed by atoms with van der Waals surface area (Å²) < 4.78 is 1.86. The third kappa shape index (κ3) is 3.42. The highest BCUT2D eigenvalue weighted by molar-refractivity contribution is 6.35. The molecule has 0 saturated heterocycles. The second kappa shape index (κ2) is 7.22. The molecule has 1 aromatic carbocycles. The summed E-state index contributed by atoms with van der Waals surface area (Å²) in [5.41, 5.74) is 2.93. The van der Waals surface area contributed by atoms with Gasteiger partial charge in [0.05, 0.1) is 16.4 Å². The Balaban J connectivity index is 1.88. The van der Waals surface area contributed by atoms with Crippen LogP contribution >= 0.6 is 23.2 Å². The molecule has 1 amide bonds. The van der Waals surface area contributed by atoms with Crippen molar-refractivity contribution in [2.45, 2.75) is 0 Å². The maximum Gasteiger partial charge on any atom is 0.212 e. The molecule has 0 aliphatic rings. The quantitative estimate of drug-likeness (QED) is 0.493. The SMILES string of the molecule is O=CNc1cc(-c2cn(-c3ccc(Cl)cc3Cl)c(-c3ccn[nH]3)n2)ccn1. The van der Waals surface area contributed by atoms with E-state index in [0.29, 0.717) is 33.8 Å². The summed E-state index contributed by atoms with van der Waals surface area (Å²) in [6.07, 6.45) is 5.68. The van der Waals surface area contributed by atoms with Gasteiger partial charge in [-0.05, 0) is 36.4 Å². The number of H-pyrrole nitrogens is 1. The molecule has 2 N–H and O–H groups in total. The number of aromatic nitrogens is 5. The van der Waals surface area contributed by atoms with Gasteiger partial charge in [0.15, 0.2) is 5.82 Å². The lowest BCUT2D eigenvalue weighted by Gasteiger charge is -2.08. The number of benzene rings is 1. The van der Waals surface area contributed by atoms with E-state index >= 15 is 0 Å². The molecule has 0 saturated carbocycles. The first kappa shape index (κ1) is 17.3. The summed E-state index contributed by atoms with van der Waals surface area (Å²) in [7, 11) is 0. The van der Waals surface area contributed by atoms with Crippen LogP contribution in [0.5, 0.6) is 0 Å². The number of imidazole rings is 1. The summed E-state index contributed by atoms with van der Waals surface area (Å²) in [6.45, 7) is 0. The Morgan fingerprint density at radius 2 is 2.00 bits per heavy atom. The molecule has 0 aliphatic carbocycles. The Morgan fingerprint density at radius 1 is 1.11 bits per heavy atom. The number of carbonyl (C=O) groups is 1. The van der Waals surface area contributed by atoms with E-state index in [1.807, 2.05) is 29.0 Å². The molecule has 7 nitrogen and oxygen atoms in total.